The summed E-state index contributed by atoms with van der Waals surface area (Å²) in [6.07, 6.45) is 5.37. The van der Waals surface area contributed by atoms with Crippen molar-refractivity contribution in [2.24, 2.45) is 0 Å². The number of aryl methyl sites for hydroxylation is 3. The SMILES string of the molecule is Cc1c[c-]c(-c2ccccn2)cc1Br.Cc1c[c-]c(-c2ccccn2)cc1Br.Cc1c[c-]c(-c2ccccn2)cc1Br.[Ir+3]. The molecule has 0 saturated heterocycles. The molecule has 0 unspecified atom stereocenters. The van der Waals surface area contributed by atoms with Gasteiger partial charge in [-0.3, -0.25) is 0 Å². The molecule has 3 aromatic carbocycles. The topological polar surface area (TPSA) is 38.7 Å². The van der Waals surface area contributed by atoms with Crippen molar-refractivity contribution < 1.29 is 20.1 Å². The zero-order valence-corrected chi connectivity index (χ0v) is 30.9. The van der Waals surface area contributed by atoms with E-state index in [-0.39, 0.29) is 20.1 Å². The fraction of sp³-hybridized carbons (Fsp3) is 0.0833. The van der Waals surface area contributed by atoms with Crippen LogP contribution in [0.15, 0.2) is 123 Å². The smallest absolute Gasteiger partial charge is 0.305 e. The van der Waals surface area contributed by atoms with Crippen LogP contribution in [-0.2, 0) is 20.1 Å². The number of hydrogen-bond donors (Lipinski definition) is 0. The second-order valence-electron chi connectivity index (χ2n) is 9.28. The monoisotopic (exact) mass is 931 g/mol. The van der Waals surface area contributed by atoms with Gasteiger partial charge >= 0.3 is 20.1 Å². The van der Waals surface area contributed by atoms with Crippen molar-refractivity contribution in [2.75, 3.05) is 0 Å². The first-order valence-electron chi connectivity index (χ1n) is 13.1. The maximum Gasteiger partial charge on any atom is 3.00 e. The summed E-state index contributed by atoms with van der Waals surface area (Å²) in [6.45, 7) is 6.13. The van der Waals surface area contributed by atoms with Crippen molar-refractivity contribution in [2.45, 2.75) is 20.8 Å². The van der Waals surface area contributed by atoms with Gasteiger partial charge in [-0.25, -0.2) is 0 Å². The van der Waals surface area contributed by atoms with Gasteiger partial charge in [0.15, 0.2) is 0 Å². The maximum atomic E-state index is 4.27. The van der Waals surface area contributed by atoms with E-state index < -0.39 is 0 Å². The Hall–Kier alpha value is -2.80. The second kappa shape index (κ2) is 17.5. The number of nitrogens with zero attached hydrogens (tertiary/aromatic N) is 3. The maximum absolute atomic E-state index is 4.27. The molecule has 0 N–H and O–H groups in total. The van der Waals surface area contributed by atoms with Crippen molar-refractivity contribution in [1.29, 1.82) is 0 Å². The molecule has 0 amide bonds. The molecule has 0 saturated carbocycles. The number of pyridine rings is 3. The first-order valence-corrected chi connectivity index (χ1v) is 15.5. The minimum absolute atomic E-state index is 0. The molecule has 3 nitrogen and oxygen atoms in total. The van der Waals surface area contributed by atoms with Crippen molar-refractivity contribution in [1.82, 2.24) is 15.0 Å². The molecule has 0 aliphatic carbocycles. The van der Waals surface area contributed by atoms with Gasteiger partial charge in [-0.2, -0.15) is 0 Å². The molecule has 6 aromatic rings. The molecule has 0 aliphatic heterocycles. The summed E-state index contributed by atoms with van der Waals surface area (Å²) in [7, 11) is 0. The Morgan fingerprint density at radius 2 is 0.744 bits per heavy atom. The second-order valence-corrected chi connectivity index (χ2v) is 11.8. The molecular formula is C36H27Br3IrN3. The fourth-order valence-corrected chi connectivity index (χ4v) is 4.65. The molecule has 0 atom stereocenters. The Morgan fingerprint density at radius 3 is 0.953 bits per heavy atom. The summed E-state index contributed by atoms with van der Waals surface area (Å²) in [5, 5.41) is 0. The standard InChI is InChI=1S/3C12H9BrN.Ir/c3*1-9-5-6-10(8-11(9)13)12-4-2-3-7-14-12;/h3*2-5,7-8H,1H3;/q3*-1;+3. The van der Waals surface area contributed by atoms with Gasteiger partial charge in [0.1, 0.15) is 0 Å². The van der Waals surface area contributed by atoms with Crippen LogP contribution in [0.4, 0.5) is 0 Å². The molecule has 0 fully saturated rings. The minimum atomic E-state index is 0. The number of hydrogen-bond acceptors (Lipinski definition) is 3. The summed E-state index contributed by atoms with van der Waals surface area (Å²) >= 11 is 10.5. The first kappa shape index (κ1) is 34.7. The Morgan fingerprint density at radius 1 is 0.465 bits per heavy atom. The van der Waals surface area contributed by atoms with Gasteiger partial charge in [0.05, 0.1) is 0 Å². The van der Waals surface area contributed by atoms with Crippen molar-refractivity contribution in [3.05, 3.63) is 158 Å². The summed E-state index contributed by atoms with van der Waals surface area (Å²) in [5.41, 5.74) is 9.46. The molecule has 0 aliphatic rings. The largest absolute Gasteiger partial charge is 3.00 e. The quantitative estimate of drug-likeness (QED) is 0.166. The van der Waals surface area contributed by atoms with Gasteiger partial charge in [0, 0.05) is 18.6 Å². The van der Waals surface area contributed by atoms with E-state index in [2.05, 4.69) is 80.9 Å². The van der Waals surface area contributed by atoms with E-state index in [0.29, 0.717) is 0 Å². The van der Waals surface area contributed by atoms with Gasteiger partial charge in [-0.1, -0.05) is 118 Å². The van der Waals surface area contributed by atoms with Crippen LogP contribution in [0.25, 0.3) is 33.8 Å². The predicted molar refractivity (Wildman–Crippen MR) is 183 cm³/mol. The van der Waals surface area contributed by atoms with Crippen LogP contribution >= 0.6 is 47.8 Å². The molecule has 216 valence electrons. The molecule has 6 rings (SSSR count). The van der Waals surface area contributed by atoms with Crippen LogP contribution in [0.5, 0.6) is 0 Å². The fourth-order valence-electron chi connectivity index (χ4n) is 3.62. The number of rotatable bonds is 3. The van der Waals surface area contributed by atoms with Crippen LogP contribution in [0, 0.1) is 39.0 Å². The van der Waals surface area contributed by atoms with Crippen molar-refractivity contribution in [3.8, 4) is 33.8 Å². The molecule has 7 heteroatoms. The average molecular weight is 934 g/mol. The van der Waals surface area contributed by atoms with Gasteiger partial charge in [0.25, 0.3) is 0 Å². The van der Waals surface area contributed by atoms with E-state index in [1.54, 1.807) is 18.6 Å². The molecule has 0 bridgehead atoms. The van der Waals surface area contributed by atoms with Crippen molar-refractivity contribution in [3.63, 3.8) is 0 Å². The molecule has 3 aromatic heterocycles. The first-order chi connectivity index (χ1) is 20.3. The van der Waals surface area contributed by atoms with E-state index in [9.17, 15) is 0 Å². The third-order valence-electron chi connectivity index (χ3n) is 6.10. The van der Waals surface area contributed by atoms with E-state index >= 15 is 0 Å². The van der Waals surface area contributed by atoms with Crippen LogP contribution in [0.1, 0.15) is 16.7 Å². The summed E-state index contributed by atoms with van der Waals surface area (Å²) in [5.74, 6) is 0. The Bertz CT molecular complexity index is 1530. The third kappa shape index (κ3) is 10.4. The summed E-state index contributed by atoms with van der Waals surface area (Å²) in [4.78, 5) is 12.8. The number of aromatic nitrogens is 3. The van der Waals surface area contributed by atoms with Gasteiger partial charge < -0.3 is 15.0 Å². The Balaban J connectivity index is 0.000000175. The minimum Gasteiger partial charge on any atom is -0.305 e. The van der Waals surface area contributed by atoms with Crippen molar-refractivity contribution >= 4 is 47.8 Å². The van der Waals surface area contributed by atoms with Crippen LogP contribution in [0.3, 0.4) is 0 Å². The summed E-state index contributed by atoms with van der Waals surface area (Å²) < 4.78 is 3.28. The normalized spacial score (nSPS) is 9.91. The Labute approximate surface area is 293 Å². The predicted octanol–water partition coefficient (Wildman–Crippen LogP) is 10.9. The third-order valence-corrected chi connectivity index (χ3v) is 8.66. The van der Waals surface area contributed by atoms with Crippen LogP contribution < -0.4 is 0 Å². The molecular weight excluding hydrogens is 906 g/mol. The van der Waals surface area contributed by atoms with Crippen LogP contribution in [-0.4, -0.2) is 15.0 Å². The number of halogens is 3. The van der Waals surface area contributed by atoms with Crippen LogP contribution in [0.2, 0.25) is 0 Å². The van der Waals surface area contributed by atoms with Gasteiger partial charge in [-0.05, 0) is 35.3 Å². The average Bonchev–Trinajstić information content (AvgIpc) is 3.03. The van der Waals surface area contributed by atoms with E-state index in [0.717, 1.165) is 47.2 Å². The number of benzene rings is 3. The van der Waals surface area contributed by atoms with Gasteiger partial charge in [0.2, 0.25) is 0 Å². The summed E-state index contributed by atoms with van der Waals surface area (Å²) in [6, 6.07) is 39.2. The molecule has 3 heterocycles. The van der Waals surface area contributed by atoms with E-state index in [1.165, 1.54) is 16.7 Å². The van der Waals surface area contributed by atoms with E-state index in [4.69, 9.17) is 0 Å². The zero-order chi connectivity index (χ0) is 29.9. The zero-order valence-electron chi connectivity index (χ0n) is 23.7. The molecule has 0 radical (unpaired) electrons. The van der Waals surface area contributed by atoms with E-state index in [1.807, 2.05) is 112 Å². The molecule has 0 spiro atoms. The van der Waals surface area contributed by atoms with Gasteiger partial charge in [-0.15, -0.1) is 88.0 Å². The molecule has 43 heavy (non-hydrogen) atoms. The Kier molecular flexibility index (Phi) is 14.1.